The van der Waals surface area contributed by atoms with Crippen LogP contribution in [0.3, 0.4) is 0 Å². The highest BCUT2D eigenvalue weighted by atomic mass is 16.5. The molecule has 1 aromatic heterocycles. The van der Waals surface area contributed by atoms with E-state index in [9.17, 15) is 0 Å². The van der Waals surface area contributed by atoms with Gasteiger partial charge in [0.2, 0.25) is 0 Å². The summed E-state index contributed by atoms with van der Waals surface area (Å²) in [6.07, 6.45) is 3.79. The van der Waals surface area contributed by atoms with E-state index in [2.05, 4.69) is 36.0 Å². The second-order valence-electron chi connectivity index (χ2n) is 5.46. The van der Waals surface area contributed by atoms with Gasteiger partial charge in [-0.25, -0.2) is 0 Å². The molecule has 3 nitrogen and oxygen atoms in total. The molecule has 0 unspecified atom stereocenters. The molecule has 3 heteroatoms. The van der Waals surface area contributed by atoms with Crippen LogP contribution in [0.1, 0.15) is 24.1 Å². The lowest BCUT2D eigenvalue weighted by atomic mass is 10.1. The van der Waals surface area contributed by atoms with Gasteiger partial charge in [-0.05, 0) is 44.4 Å². The van der Waals surface area contributed by atoms with Crippen molar-refractivity contribution in [3.63, 3.8) is 0 Å². The van der Waals surface area contributed by atoms with E-state index in [1.807, 2.05) is 6.07 Å². The second kappa shape index (κ2) is 4.89. The van der Waals surface area contributed by atoms with E-state index in [1.54, 1.807) is 7.11 Å². The van der Waals surface area contributed by atoms with Gasteiger partial charge in [-0.1, -0.05) is 12.1 Å². The molecule has 0 atom stereocenters. The average Bonchev–Trinajstić information content (AvgIpc) is 3.21. The van der Waals surface area contributed by atoms with E-state index in [4.69, 9.17) is 4.74 Å². The average molecular weight is 258 g/mol. The Balaban J connectivity index is 1.95. The maximum atomic E-state index is 5.49. The molecular weight excluding hydrogens is 236 g/mol. The number of benzene rings is 1. The predicted molar refractivity (Wildman–Crippen MR) is 78.9 cm³/mol. The van der Waals surface area contributed by atoms with Crippen LogP contribution in [0.5, 0.6) is 5.75 Å². The molecular formula is C16H22N2O. The van der Waals surface area contributed by atoms with Crippen molar-refractivity contribution in [2.45, 2.75) is 32.2 Å². The van der Waals surface area contributed by atoms with E-state index in [0.29, 0.717) is 0 Å². The van der Waals surface area contributed by atoms with Gasteiger partial charge in [0.15, 0.2) is 0 Å². The number of aromatic nitrogens is 1. The number of fused-ring (bicyclic) bond motifs is 1. The van der Waals surface area contributed by atoms with Crippen molar-refractivity contribution in [1.82, 2.24) is 9.88 Å². The van der Waals surface area contributed by atoms with Crippen molar-refractivity contribution in [2.75, 3.05) is 13.7 Å². The number of nitrogens with one attached hydrogen (secondary N) is 1. The second-order valence-corrected chi connectivity index (χ2v) is 5.46. The van der Waals surface area contributed by atoms with Crippen molar-refractivity contribution in [3.05, 3.63) is 29.5 Å². The van der Waals surface area contributed by atoms with Gasteiger partial charge in [-0.15, -0.1) is 0 Å². The fourth-order valence-electron chi connectivity index (χ4n) is 2.85. The van der Waals surface area contributed by atoms with Gasteiger partial charge in [-0.2, -0.15) is 0 Å². The fraction of sp³-hybridized carbons (Fsp3) is 0.500. The molecule has 1 heterocycles. The normalized spacial score (nSPS) is 15.1. The number of ether oxygens (including phenoxy) is 1. The Bertz CT molecular complexity index is 596. The van der Waals surface area contributed by atoms with Crippen LogP contribution in [0.15, 0.2) is 18.2 Å². The molecule has 0 bridgehead atoms. The minimum atomic E-state index is 0.782. The Labute approximate surface area is 114 Å². The highest BCUT2D eigenvalue weighted by Gasteiger charge is 2.20. The number of rotatable bonds is 5. The molecule has 1 fully saturated rings. The molecule has 1 saturated carbocycles. The standard InChI is InChI=1S/C16H22N2O/c1-11-13(9-10-17-12-7-8-12)14-5-4-6-15(19-3)16(14)18(11)2/h4-6,12,17H,7-10H2,1-3H3. The quantitative estimate of drug-likeness (QED) is 0.892. The van der Waals surface area contributed by atoms with Crippen LogP contribution in [0.25, 0.3) is 10.9 Å². The molecule has 19 heavy (non-hydrogen) atoms. The summed E-state index contributed by atoms with van der Waals surface area (Å²) in [5, 5.41) is 4.92. The molecule has 1 aliphatic rings. The van der Waals surface area contributed by atoms with Crippen LogP contribution < -0.4 is 10.1 Å². The maximum Gasteiger partial charge on any atom is 0.143 e. The zero-order valence-electron chi connectivity index (χ0n) is 12.0. The summed E-state index contributed by atoms with van der Waals surface area (Å²) in [5.41, 5.74) is 4.01. The first-order chi connectivity index (χ1) is 9.22. The van der Waals surface area contributed by atoms with E-state index < -0.39 is 0 Å². The van der Waals surface area contributed by atoms with Crippen molar-refractivity contribution in [1.29, 1.82) is 0 Å². The Morgan fingerprint density at radius 1 is 1.37 bits per heavy atom. The minimum Gasteiger partial charge on any atom is -0.495 e. The lowest BCUT2D eigenvalue weighted by molar-refractivity contribution is 0.418. The molecule has 0 amide bonds. The lowest BCUT2D eigenvalue weighted by Crippen LogP contribution is -2.19. The zero-order valence-corrected chi connectivity index (χ0v) is 12.0. The summed E-state index contributed by atoms with van der Waals surface area (Å²) in [7, 11) is 3.86. The maximum absolute atomic E-state index is 5.49. The summed E-state index contributed by atoms with van der Waals surface area (Å²) in [4.78, 5) is 0. The van der Waals surface area contributed by atoms with E-state index in [-0.39, 0.29) is 0 Å². The molecule has 0 saturated heterocycles. The summed E-state index contributed by atoms with van der Waals surface area (Å²) >= 11 is 0. The van der Waals surface area contributed by atoms with Crippen molar-refractivity contribution < 1.29 is 4.74 Å². The van der Waals surface area contributed by atoms with Gasteiger partial charge in [0.05, 0.1) is 12.6 Å². The van der Waals surface area contributed by atoms with Gasteiger partial charge < -0.3 is 14.6 Å². The van der Waals surface area contributed by atoms with Gasteiger partial charge in [0, 0.05) is 24.2 Å². The van der Waals surface area contributed by atoms with Crippen LogP contribution in [0, 0.1) is 6.92 Å². The van der Waals surface area contributed by atoms with Gasteiger partial charge in [-0.3, -0.25) is 0 Å². The van der Waals surface area contributed by atoms with Crippen molar-refractivity contribution in [2.24, 2.45) is 7.05 Å². The summed E-state index contributed by atoms with van der Waals surface area (Å²) in [5.74, 6) is 0.963. The summed E-state index contributed by atoms with van der Waals surface area (Å²) in [6, 6.07) is 7.11. The third kappa shape index (κ3) is 2.23. The Morgan fingerprint density at radius 2 is 2.16 bits per heavy atom. The Hall–Kier alpha value is -1.48. The van der Waals surface area contributed by atoms with E-state index in [0.717, 1.165) is 24.8 Å². The van der Waals surface area contributed by atoms with E-state index in [1.165, 1.54) is 35.0 Å². The third-order valence-electron chi connectivity index (χ3n) is 4.20. The molecule has 0 spiro atoms. The number of aryl methyl sites for hydroxylation is 1. The van der Waals surface area contributed by atoms with Crippen LogP contribution >= 0.6 is 0 Å². The highest BCUT2D eigenvalue weighted by molar-refractivity contribution is 5.90. The molecule has 1 aromatic carbocycles. The van der Waals surface area contributed by atoms with Crippen LogP contribution in [-0.4, -0.2) is 24.3 Å². The van der Waals surface area contributed by atoms with Crippen LogP contribution in [0.2, 0.25) is 0 Å². The monoisotopic (exact) mass is 258 g/mol. The van der Waals surface area contributed by atoms with Gasteiger partial charge in [0.1, 0.15) is 5.75 Å². The number of methoxy groups -OCH3 is 1. The third-order valence-corrected chi connectivity index (χ3v) is 4.20. The van der Waals surface area contributed by atoms with Crippen molar-refractivity contribution in [3.8, 4) is 5.75 Å². The molecule has 1 aliphatic carbocycles. The smallest absolute Gasteiger partial charge is 0.143 e. The molecule has 1 N–H and O–H groups in total. The first-order valence-electron chi connectivity index (χ1n) is 7.06. The Kier molecular flexibility index (Phi) is 3.23. The van der Waals surface area contributed by atoms with Gasteiger partial charge in [0.25, 0.3) is 0 Å². The highest BCUT2D eigenvalue weighted by Crippen LogP contribution is 2.32. The largest absolute Gasteiger partial charge is 0.495 e. The fourth-order valence-corrected chi connectivity index (χ4v) is 2.85. The number of hydrogen-bond donors (Lipinski definition) is 1. The molecule has 3 rings (SSSR count). The minimum absolute atomic E-state index is 0.782. The summed E-state index contributed by atoms with van der Waals surface area (Å²) < 4.78 is 7.74. The SMILES string of the molecule is COc1cccc2c(CCNC3CC3)c(C)n(C)c12. The summed E-state index contributed by atoms with van der Waals surface area (Å²) in [6.45, 7) is 3.27. The zero-order chi connectivity index (χ0) is 13.4. The van der Waals surface area contributed by atoms with Gasteiger partial charge >= 0.3 is 0 Å². The van der Waals surface area contributed by atoms with Crippen LogP contribution in [-0.2, 0) is 13.5 Å². The number of nitrogens with zero attached hydrogens (tertiary/aromatic N) is 1. The van der Waals surface area contributed by atoms with Crippen LogP contribution in [0.4, 0.5) is 0 Å². The Morgan fingerprint density at radius 3 is 2.84 bits per heavy atom. The molecule has 102 valence electrons. The molecule has 2 aromatic rings. The lowest BCUT2D eigenvalue weighted by Gasteiger charge is -2.04. The molecule has 0 radical (unpaired) electrons. The topological polar surface area (TPSA) is 26.2 Å². The molecule has 0 aliphatic heterocycles. The number of hydrogen-bond acceptors (Lipinski definition) is 2. The van der Waals surface area contributed by atoms with E-state index >= 15 is 0 Å². The van der Waals surface area contributed by atoms with Crippen molar-refractivity contribution >= 4 is 10.9 Å². The number of para-hydroxylation sites is 1. The predicted octanol–water partition coefficient (Wildman–Crippen LogP) is 2.79. The first-order valence-corrected chi connectivity index (χ1v) is 7.06. The first kappa shape index (κ1) is 12.5.